The number of nitrogens with two attached hydrogens (primary N) is 1. The van der Waals surface area contributed by atoms with Gasteiger partial charge in [0.25, 0.3) is 0 Å². The SMILES string of the molecule is NCC1(CNCCc2ccc3ccccc3c2)CCC1. The van der Waals surface area contributed by atoms with Crippen molar-refractivity contribution in [1.82, 2.24) is 5.32 Å². The normalized spacial score (nSPS) is 17.1. The van der Waals surface area contributed by atoms with Crippen LogP contribution in [0.4, 0.5) is 0 Å². The van der Waals surface area contributed by atoms with Crippen LogP contribution in [0, 0.1) is 5.41 Å². The molecule has 20 heavy (non-hydrogen) atoms. The Hall–Kier alpha value is -1.38. The van der Waals surface area contributed by atoms with Gasteiger partial charge in [-0.05, 0) is 54.1 Å². The van der Waals surface area contributed by atoms with E-state index in [1.54, 1.807) is 0 Å². The van der Waals surface area contributed by atoms with E-state index in [2.05, 4.69) is 47.8 Å². The lowest BCUT2D eigenvalue weighted by Crippen LogP contribution is -2.45. The summed E-state index contributed by atoms with van der Waals surface area (Å²) in [6.45, 7) is 2.95. The molecule has 3 N–H and O–H groups in total. The lowest BCUT2D eigenvalue weighted by Gasteiger charge is -2.41. The van der Waals surface area contributed by atoms with Crippen molar-refractivity contribution in [2.45, 2.75) is 25.7 Å². The molecule has 1 fully saturated rings. The van der Waals surface area contributed by atoms with E-state index in [-0.39, 0.29) is 0 Å². The first-order valence-corrected chi connectivity index (χ1v) is 7.70. The first kappa shape index (κ1) is 13.6. The molecule has 1 saturated carbocycles. The highest BCUT2D eigenvalue weighted by Gasteiger charge is 2.34. The van der Waals surface area contributed by atoms with Crippen molar-refractivity contribution in [1.29, 1.82) is 0 Å². The van der Waals surface area contributed by atoms with Gasteiger partial charge in [-0.3, -0.25) is 0 Å². The van der Waals surface area contributed by atoms with Gasteiger partial charge < -0.3 is 11.1 Å². The summed E-state index contributed by atoms with van der Waals surface area (Å²) < 4.78 is 0. The molecule has 0 unspecified atom stereocenters. The number of hydrogen-bond donors (Lipinski definition) is 2. The molecule has 3 rings (SSSR count). The highest BCUT2D eigenvalue weighted by molar-refractivity contribution is 5.82. The maximum Gasteiger partial charge on any atom is 0.00200 e. The summed E-state index contributed by atoms with van der Waals surface area (Å²) in [5.41, 5.74) is 7.70. The van der Waals surface area contributed by atoms with E-state index in [1.165, 1.54) is 35.6 Å². The fraction of sp³-hybridized carbons (Fsp3) is 0.444. The molecule has 1 aliphatic carbocycles. The van der Waals surface area contributed by atoms with Crippen LogP contribution in [0.1, 0.15) is 24.8 Å². The Bertz CT molecular complexity index is 567. The highest BCUT2D eigenvalue weighted by Crippen LogP contribution is 2.38. The van der Waals surface area contributed by atoms with E-state index in [4.69, 9.17) is 5.73 Å². The zero-order valence-electron chi connectivity index (χ0n) is 12.1. The third kappa shape index (κ3) is 2.87. The fourth-order valence-corrected chi connectivity index (χ4v) is 3.11. The number of nitrogens with one attached hydrogen (secondary N) is 1. The molecule has 2 heteroatoms. The van der Waals surface area contributed by atoms with Gasteiger partial charge in [-0.1, -0.05) is 48.9 Å². The standard InChI is InChI=1S/C18H24N2/c19-13-18(9-3-10-18)14-20-11-8-15-6-7-16-4-1-2-5-17(16)12-15/h1-2,4-7,12,20H,3,8-11,13-14,19H2. The smallest absolute Gasteiger partial charge is 0.00200 e. The van der Waals surface area contributed by atoms with E-state index in [0.717, 1.165) is 26.1 Å². The zero-order valence-corrected chi connectivity index (χ0v) is 12.1. The van der Waals surface area contributed by atoms with Crippen LogP contribution in [0.25, 0.3) is 10.8 Å². The van der Waals surface area contributed by atoms with Gasteiger partial charge >= 0.3 is 0 Å². The number of benzene rings is 2. The minimum atomic E-state index is 0.406. The van der Waals surface area contributed by atoms with Gasteiger partial charge in [-0.2, -0.15) is 0 Å². The average molecular weight is 268 g/mol. The second kappa shape index (κ2) is 5.94. The van der Waals surface area contributed by atoms with Crippen LogP contribution in [0.3, 0.4) is 0 Å². The lowest BCUT2D eigenvalue weighted by molar-refractivity contribution is 0.141. The monoisotopic (exact) mass is 268 g/mol. The molecule has 2 nitrogen and oxygen atoms in total. The summed E-state index contributed by atoms with van der Waals surface area (Å²) in [5, 5.41) is 6.25. The fourth-order valence-electron chi connectivity index (χ4n) is 3.11. The first-order valence-electron chi connectivity index (χ1n) is 7.70. The topological polar surface area (TPSA) is 38.0 Å². The molecule has 106 valence electrons. The van der Waals surface area contributed by atoms with Crippen LogP contribution < -0.4 is 11.1 Å². The zero-order chi connectivity index (χ0) is 13.8. The molecule has 0 spiro atoms. The van der Waals surface area contributed by atoms with Gasteiger partial charge in [-0.15, -0.1) is 0 Å². The molecule has 0 heterocycles. The summed E-state index contributed by atoms with van der Waals surface area (Å²) in [7, 11) is 0. The third-order valence-corrected chi connectivity index (χ3v) is 4.75. The molecular formula is C18H24N2. The van der Waals surface area contributed by atoms with Gasteiger partial charge in [0.05, 0.1) is 0 Å². The van der Waals surface area contributed by atoms with Crippen LogP contribution in [0.15, 0.2) is 42.5 Å². The molecule has 0 atom stereocenters. The van der Waals surface area contributed by atoms with Crippen LogP contribution in [0.2, 0.25) is 0 Å². The van der Waals surface area contributed by atoms with E-state index in [0.29, 0.717) is 5.41 Å². The largest absolute Gasteiger partial charge is 0.330 e. The average Bonchev–Trinajstić information content (AvgIpc) is 2.46. The van der Waals surface area contributed by atoms with E-state index < -0.39 is 0 Å². The molecule has 2 aromatic carbocycles. The summed E-state index contributed by atoms with van der Waals surface area (Å²) >= 11 is 0. The Morgan fingerprint density at radius 3 is 2.55 bits per heavy atom. The molecule has 1 aliphatic rings. The Morgan fingerprint density at radius 1 is 1.05 bits per heavy atom. The van der Waals surface area contributed by atoms with Gasteiger partial charge in [0, 0.05) is 6.54 Å². The van der Waals surface area contributed by atoms with Gasteiger partial charge in [0.2, 0.25) is 0 Å². The van der Waals surface area contributed by atoms with Crippen molar-refractivity contribution in [3.05, 3.63) is 48.0 Å². The number of rotatable bonds is 6. The first-order chi connectivity index (χ1) is 9.81. The van der Waals surface area contributed by atoms with Crippen molar-refractivity contribution in [3.8, 4) is 0 Å². The van der Waals surface area contributed by atoms with Crippen LogP contribution in [-0.2, 0) is 6.42 Å². The molecule has 2 aromatic rings. The van der Waals surface area contributed by atoms with Crippen LogP contribution >= 0.6 is 0 Å². The Balaban J connectivity index is 1.52. The second-order valence-electron chi connectivity index (χ2n) is 6.17. The molecular weight excluding hydrogens is 244 g/mol. The quantitative estimate of drug-likeness (QED) is 0.790. The Morgan fingerprint density at radius 2 is 1.85 bits per heavy atom. The third-order valence-electron chi connectivity index (χ3n) is 4.75. The summed E-state index contributed by atoms with van der Waals surface area (Å²) in [4.78, 5) is 0. The second-order valence-corrected chi connectivity index (χ2v) is 6.17. The maximum atomic E-state index is 5.88. The van der Waals surface area contributed by atoms with Crippen molar-refractivity contribution in [2.75, 3.05) is 19.6 Å². The van der Waals surface area contributed by atoms with Crippen molar-refractivity contribution >= 4 is 10.8 Å². The van der Waals surface area contributed by atoms with Gasteiger partial charge in [0.1, 0.15) is 0 Å². The van der Waals surface area contributed by atoms with Crippen LogP contribution in [-0.4, -0.2) is 19.6 Å². The summed E-state index contributed by atoms with van der Waals surface area (Å²) in [6, 6.07) is 15.3. The number of hydrogen-bond acceptors (Lipinski definition) is 2. The number of fused-ring (bicyclic) bond motifs is 1. The predicted molar refractivity (Wildman–Crippen MR) is 85.9 cm³/mol. The van der Waals surface area contributed by atoms with Gasteiger partial charge in [0.15, 0.2) is 0 Å². The van der Waals surface area contributed by atoms with Crippen molar-refractivity contribution < 1.29 is 0 Å². The van der Waals surface area contributed by atoms with Gasteiger partial charge in [-0.25, -0.2) is 0 Å². The van der Waals surface area contributed by atoms with E-state index >= 15 is 0 Å². The van der Waals surface area contributed by atoms with E-state index in [9.17, 15) is 0 Å². The minimum absolute atomic E-state index is 0.406. The maximum absolute atomic E-state index is 5.88. The molecule has 0 saturated heterocycles. The lowest BCUT2D eigenvalue weighted by atomic mass is 9.69. The van der Waals surface area contributed by atoms with Crippen molar-refractivity contribution in [2.24, 2.45) is 11.1 Å². The minimum Gasteiger partial charge on any atom is -0.330 e. The molecule has 0 aliphatic heterocycles. The van der Waals surface area contributed by atoms with Crippen molar-refractivity contribution in [3.63, 3.8) is 0 Å². The summed E-state index contributed by atoms with van der Waals surface area (Å²) in [5.74, 6) is 0. The molecule has 0 bridgehead atoms. The molecule has 0 radical (unpaired) electrons. The Labute approximate surface area is 121 Å². The van der Waals surface area contributed by atoms with E-state index in [1.807, 2.05) is 0 Å². The highest BCUT2D eigenvalue weighted by atomic mass is 14.9. The Kier molecular flexibility index (Phi) is 4.04. The van der Waals surface area contributed by atoms with Crippen LogP contribution in [0.5, 0.6) is 0 Å². The summed E-state index contributed by atoms with van der Waals surface area (Å²) in [6.07, 6.45) is 5.04. The predicted octanol–water partition coefficient (Wildman–Crippen LogP) is 3.10. The molecule has 0 aromatic heterocycles. The molecule has 0 amide bonds.